The van der Waals surface area contributed by atoms with Crippen molar-refractivity contribution in [2.45, 2.75) is 38.6 Å². The van der Waals surface area contributed by atoms with Crippen molar-refractivity contribution in [3.8, 4) is 23.0 Å². The van der Waals surface area contributed by atoms with Crippen molar-refractivity contribution >= 4 is 11.6 Å². The summed E-state index contributed by atoms with van der Waals surface area (Å²) in [5.74, 6) is 2.68. The fraction of sp³-hybridized carbons (Fsp3) is 0.294. The van der Waals surface area contributed by atoms with Gasteiger partial charge in [-0.3, -0.25) is 4.90 Å². The third kappa shape index (κ3) is 7.94. The molecule has 4 aromatic carbocycles. The number of benzene rings is 4. The van der Waals surface area contributed by atoms with E-state index in [9.17, 15) is 5.11 Å². The van der Waals surface area contributed by atoms with E-state index in [1.807, 2.05) is 84.9 Å². The smallest absolute Gasteiger partial charge is 0.161 e. The number of nitrogens with zero attached hydrogens (tertiary/aromatic N) is 1. The maximum absolute atomic E-state index is 11.3. The third-order valence-corrected chi connectivity index (χ3v) is 7.35. The molecular weight excluding hydrogens is 538 g/mol. The average molecular weight is 576 g/mol. The van der Waals surface area contributed by atoms with Crippen LogP contribution in [0.1, 0.15) is 47.7 Å². The molecule has 0 aromatic heterocycles. The van der Waals surface area contributed by atoms with Crippen molar-refractivity contribution in [3.63, 3.8) is 0 Å². The van der Waals surface area contributed by atoms with Crippen LogP contribution in [0.25, 0.3) is 0 Å². The van der Waals surface area contributed by atoms with E-state index in [0.717, 1.165) is 28.7 Å². The first kappa shape index (κ1) is 30.3. The first-order valence-corrected chi connectivity index (χ1v) is 14.1. The molecule has 1 unspecified atom stereocenters. The van der Waals surface area contributed by atoms with Gasteiger partial charge in [0, 0.05) is 24.2 Å². The predicted octanol–water partition coefficient (Wildman–Crippen LogP) is 7.63. The Morgan fingerprint density at radius 3 is 2.10 bits per heavy atom. The second-order valence-electron chi connectivity index (χ2n) is 9.80. The number of rotatable bonds is 14. The molecule has 7 heteroatoms. The van der Waals surface area contributed by atoms with E-state index in [1.165, 1.54) is 0 Å². The molecule has 4 aromatic rings. The monoisotopic (exact) mass is 575 g/mol. The summed E-state index contributed by atoms with van der Waals surface area (Å²) in [6, 6.07) is 29.4. The summed E-state index contributed by atoms with van der Waals surface area (Å²) in [5, 5.41) is 11.9. The van der Waals surface area contributed by atoms with Crippen LogP contribution in [0.4, 0.5) is 0 Å². The molecule has 0 saturated carbocycles. The molecule has 6 nitrogen and oxygen atoms in total. The highest BCUT2D eigenvalue weighted by atomic mass is 35.5. The number of methoxy groups -OCH3 is 3. The zero-order valence-electron chi connectivity index (χ0n) is 24.0. The molecule has 0 bridgehead atoms. The van der Waals surface area contributed by atoms with Gasteiger partial charge in [-0.15, -0.1) is 0 Å². The van der Waals surface area contributed by atoms with Crippen molar-refractivity contribution in [1.82, 2.24) is 4.90 Å². The summed E-state index contributed by atoms with van der Waals surface area (Å²) < 4.78 is 22.8. The van der Waals surface area contributed by atoms with Gasteiger partial charge in [-0.05, 0) is 65.1 Å². The highest BCUT2D eigenvalue weighted by Gasteiger charge is 2.24. The van der Waals surface area contributed by atoms with Crippen molar-refractivity contribution in [1.29, 1.82) is 0 Å². The highest BCUT2D eigenvalue weighted by molar-refractivity contribution is 6.30. The van der Waals surface area contributed by atoms with Gasteiger partial charge >= 0.3 is 0 Å². The average Bonchev–Trinajstić information content (AvgIpc) is 3.01. The molecule has 0 aliphatic carbocycles. The van der Waals surface area contributed by atoms with E-state index in [-0.39, 0.29) is 6.04 Å². The van der Waals surface area contributed by atoms with Crippen LogP contribution in [0.2, 0.25) is 5.02 Å². The van der Waals surface area contributed by atoms with Crippen LogP contribution < -0.4 is 18.9 Å². The summed E-state index contributed by atoms with van der Waals surface area (Å²) in [5.41, 5.74) is 3.96. The summed E-state index contributed by atoms with van der Waals surface area (Å²) in [6.07, 6.45) is 0.0749. The molecule has 1 N–H and O–H groups in total. The molecule has 41 heavy (non-hydrogen) atoms. The Bertz CT molecular complexity index is 1400. The van der Waals surface area contributed by atoms with E-state index in [4.69, 9.17) is 30.5 Å². The number of ether oxygens (including phenoxy) is 4. The minimum absolute atomic E-state index is 0.0105. The zero-order chi connectivity index (χ0) is 29.2. The number of hydrogen-bond donors (Lipinski definition) is 1. The van der Waals surface area contributed by atoms with E-state index < -0.39 is 6.10 Å². The highest BCUT2D eigenvalue weighted by Crippen LogP contribution is 2.36. The maximum Gasteiger partial charge on any atom is 0.161 e. The van der Waals surface area contributed by atoms with E-state index in [1.54, 1.807) is 21.3 Å². The number of aliphatic hydroxyl groups is 1. The van der Waals surface area contributed by atoms with Gasteiger partial charge in [0.15, 0.2) is 23.0 Å². The van der Waals surface area contributed by atoms with E-state index in [0.29, 0.717) is 47.7 Å². The summed E-state index contributed by atoms with van der Waals surface area (Å²) in [6.45, 7) is 3.55. The normalized spacial score (nSPS) is 12.6. The SMILES string of the molecule is CC[C@H](c1ccc(OC)c(OC)c1)N(Cc1ccc(OCc2ccccc2)c(OC)c1)CC(O)c1cccc(Cl)c1. The molecule has 0 heterocycles. The second kappa shape index (κ2) is 14.8. The third-order valence-electron chi connectivity index (χ3n) is 7.11. The summed E-state index contributed by atoms with van der Waals surface area (Å²) >= 11 is 6.24. The molecule has 0 radical (unpaired) electrons. The molecule has 0 fully saturated rings. The van der Waals surface area contributed by atoms with Crippen LogP contribution in [-0.4, -0.2) is 37.9 Å². The van der Waals surface area contributed by atoms with Gasteiger partial charge in [0.05, 0.1) is 27.4 Å². The van der Waals surface area contributed by atoms with Gasteiger partial charge in [-0.25, -0.2) is 0 Å². The lowest BCUT2D eigenvalue weighted by Crippen LogP contribution is -2.32. The lowest BCUT2D eigenvalue weighted by Gasteiger charge is -2.34. The van der Waals surface area contributed by atoms with Crippen LogP contribution in [0.3, 0.4) is 0 Å². The minimum atomic E-state index is -0.738. The first-order chi connectivity index (χ1) is 19.9. The molecule has 0 saturated heterocycles. The molecular formula is C34H38ClNO5. The van der Waals surface area contributed by atoms with Crippen LogP contribution >= 0.6 is 11.6 Å². The fourth-order valence-electron chi connectivity index (χ4n) is 5.01. The van der Waals surface area contributed by atoms with Crippen molar-refractivity contribution in [2.24, 2.45) is 0 Å². The molecule has 0 amide bonds. The zero-order valence-corrected chi connectivity index (χ0v) is 24.8. The van der Waals surface area contributed by atoms with Crippen molar-refractivity contribution < 1.29 is 24.1 Å². The molecule has 0 aliphatic heterocycles. The van der Waals surface area contributed by atoms with Crippen LogP contribution in [0, 0.1) is 0 Å². The van der Waals surface area contributed by atoms with Crippen molar-refractivity contribution in [3.05, 3.63) is 118 Å². The Morgan fingerprint density at radius 2 is 1.41 bits per heavy atom. The van der Waals surface area contributed by atoms with Gasteiger partial charge in [-0.1, -0.05) is 73.1 Å². The predicted molar refractivity (Wildman–Crippen MR) is 163 cm³/mol. The molecule has 2 atom stereocenters. The molecule has 0 spiro atoms. The Morgan fingerprint density at radius 1 is 0.707 bits per heavy atom. The van der Waals surface area contributed by atoms with Crippen LogP contribution in [-0.2, 0) is 13.2 Å². The van der Waals surface area contributed by atoms with Gasteiger partial charge < -0.3 is 24.1 Å². The molecule has 4 rings (SSSR count). The quantitative estimate of drug-likeness (QED) is 0.167. The Hall–Kier alpha value is -3.71. The number of halogens is 1. The first-order valence-electron chi connectivity index (χ1n) is 13.7. The summed E-state index contributed by atoms with van der Waals surface area (Å²) in [7, 11) is 4.91. The Balaban J connectivity index is 1.63. The Kier molecular flexibility index (Phi) is 10.9. The summed E-state index contributed by atoms with van der Waals surface area (Å²) in [4.78, 5) is 2.27. The van der Waals surface area contributed by atoms with E-state index in [2.05, 4.69) is 17.9 Å². The number of aliphatic hydroxyl groups excluding tert-OH is 1. The Labute approximate surface area is 248 Å². The van der Waals surface area contributed by atoms with Crippen molar-refractivity contribution in [2.75, 3.05) is 27.9 Å². The van der Waals surface area contributed by atoms with Gasteiger partial charge in [-0.2, -0.15) is 0 Å². The number of hydrogen-bond acceptors (Lipinski definition) is 6. The van der Waals surface area contributed by atoms with Crippen LogP contribution in [0.5, 0.6) is 23.0 Å². The lowest BCUT2D eigenvalue weighted by molar-refractivity contribution is 0.0790. The largest absolute Gasteiger partial charge is 0.493 e. The lowest BCUT2D eigenvalue weighted by atomic mass is 9.99. The van der Waals surface area contributed by atoms with Gasteiger partial charge in [0.2, 0.25) is 0 Å². The van der Waals surface area contributed by atoms with Gasteiger partial charge in [0.1, 0.15) is 6.61 Å². The fourth-order valence-corrected chi connectivity index (χ4v) is 5.21. The second-order valence-corrected chi connectivity index (χ2v) is 10.2. The maximum atomic E-state index is 11.3. The standard InChI is InChI=1S/C34H38ClNO5/c1-5-29(26-15-17-31(38-2)34(20-26)40-4)36(22-30(37)27-12-9-13-28(35)19-27)21-25-14-16-32(33(18-25)39-3)41-23-24-10-7-6-8-11-24/h6-20,29-30,37H,5,21-23H2,1-4H3/t29-,30?/m1/s1. The molecule has 0 aliphatic rings. The minimum Gasteiger partial charge on any atom is -0.493 e. The van der Waals surface area contributed by atoms with E-state index >= 15 is 0 Å². The van der Waals surface area contributed by atoms with Gasteiger partial charge in [0.25, 0.3) is 0 Å². The molecule has 216 valence electrons. The van der Waals surface area contributed by atoms with Crippen LogP contribution in [0.15, 0.2) is 91.0 Å². The topological polar surface area (TPSA) is 60.4 Å².